The van der Waals surface area contributed by atoms with Crippen LogP contribution in [0.4, 0.5) is 0 Å². The lowest BCUT2D eigenvalue weighted by Gasteiger charge is -2.22. The fourth-order valence-electron chi connectivity index (χ4n) is 1.62. The lowest BCUT2D eigenvalue weighted by molar-refractivity contribution is -0.128. The molecule has 0 aliphatic carbocycles. The van der Waals surface area contributed by atoms with E-state index in [1.54, 1.807) is 7.05 Å². The summed E-state index contributed by atoms with van der Waals surface area (Å²) in [6, 6.07) is 3.96. The molecule has 0 atom stereocenters. The number of carbonyl (C=O) groups is 1. The molecule has 0 aromatic carbocycles. The zero-order chi connectivity index (χ0) is 12.9. The van der Waals surface area contributed by atoms with Crippen LogP contribution in [0.1, 0.15) is 32.3 Å². The molecule has 0 fully saturated rings. The number of hydrogen-bond donors (Lipinski definition) is 2. The van der Waals surface area contributed by atoms with Crippen LogP contribution in [0.3, 0.4) is 0 Å². The summed E-state index contributed by atoms with van der Waals surface area (Å²) in [7, 11) is 1.66. The second-order valence-corrected chi connectivity index (χ2v) is 4.79. The summed E-state index contributed by atoms with van der Waals surface area (Å²) in [5.41, 5.74) is -0.408. The quantitative estimate of drug-likeness (QED) is 0.793. The van der Waals surface area contributed by atoms with E-state index < -0.39 is 5.41 Å². The van der Waals surface area contributed by atoms with Gasteiger partial charge in [0, 0.05) is 20.0 Å². The molecule has 0 saturated heterocycles. The summed E-state index contributed by atoms with van der Waals surface area (Å²) >= 11 is 0. The van der Waals surface area contributed by atoms with Gasteiger partial charge in [-0.15, -0.1) is 0 Å². The highest BCUT2D eigenvalue weighted by Crippen LogP contribution is 2.14. The van der Waals surface area contributed by atoms with Gasteiger partial charge in [-0.25, -0.2) is 0 Å². The maximum atomic E-state index is 11.6. The number of nitrogens with one attached hydrogen (secondary N) is 2. The molecule has 0 aliphatic rings. The average Bonchev–Trinajstić information content (AvgIpc) is 2.75. The molecule has 17 heavy (non-hydrogen) atoms. The molecule has 0 aliphatic heterocycles. The summed E-state index contributed by atoms with van der Waals surface area (Å²) in [6.07, 6.45) is 0.906. The molecular weight excluding hydrogens is 216 g/mol. The summed E-state index contributed by atoms with van der Waals surface area (Å²) in [4.78, 5) is 11.6. The van der Waals surface area contributed by atoms with Gasteiger partial charge in [-0.3, -0.25) is 4.79 Å². The number of rotatable bonds is 6. The molecule has 1 rings (SSSR count). The molecule has 0 saturated carbocycles. The molecule has 96 valence electrons. The van der Waals surface area contributed by atoms with Crippen LogP contribution in [-0.4, -0.2) is 19.5 Å². The van der Waals surface area contributed by atoms with Crippen molar-refractivity contribution < 1.29 is 9.21 Å². The van der Waals surface area contributed by atoms with E-state index in [-0.39, 0.29) is 5.91 Å². The molecule has 0 unspecified atom stereocenters. The maximum absolute atomic E-state index is 11.6. The standard InChI is InChI=1S/C13H22N2O2/c1-5-10-6-7-11(17-10)8-15-9-13(2,3)12(16)14-4/h6-7,15H,5,8-9H2,1-4H3,(H,14,16). The maximum Gasteiger partial charge on any atom is 0.226 e. The first kappa shape index (κ1) is 13.8. The Labute approximate surface area is 103 Å². The molecule has 4 heteroatoms. The van der Waals surface area contributed by atoms with Gasteiger partial charge in [-0.05, 0) is 26.0 Å². The third-order valence-corrected chi connectivity index (χ3v) is 2.77. The third kappa shape index (κ3) is 3.89. The van der Waals surface area contributed by atoms with Crippen molar-refractivity contribution in [3.05, 3.63) is 23.7 Å². The van der Waals surface area contributed by atoms with Crippen LogP contribution >= 0.6 is 0 Å². The van der Waals surface area contributed by atoms with E-state index >= 15 is 0 Å². The Hall–Kier alpha value is -1.29. The molecule has 0 spiro atoms. The Bertz CT molecular complexity index is 369. The van der Waals surface area contributed by atoms with Gasteiger partial charge in [-0.2, -0.15) is 0 Å². The largest absolute Gasteiger partial charge is 0.465 e. The number of carbonyl (C=O) groups excluding carboxylic acids is 1. The summed E-state index contributed by atoms with van der Waals surface area (Å²) < 4.78 is 5.57. The summed E-state index contributed by atoms with van der Waals surface area (Å²) in [5.74, 6) is 1.95. The van der Waals surface area contributed by atoms with Gasteiger partial charge in [0.25, 0.3) is 0 Å². The average molecular weight is 238 g/mol. The molecular formula is C13H22N2O2. The highest BCUT2D eigenvalue weighted by atomic mass is 16.3. The van der Waals surface area contributed by atoms with Crippen LogP contribution in [0, 0.1) is 5.41 Å². The Morgan fingerprint density at radius 1 is 1.35 bits per heavy atom. The van der Waals surface area contributed by atoms with Gasteiger partial charge in [0.2, 0.25) is 5.91 Å². The lowest BCUT2D eigenvalue weighted by atomic mass is 9.92. The Kier molecular flexibility index (Phi) is 4.75. The first-order valence-corrected chi connectivity index (χ1v) is 6.00. The molecule has 4 nitrogen and oxygen atoms in total. The molecule has 0 radical (unpaired) electrons. The zero-order valence-electron chi connectivity index (χ0n) is 11.1. The first-order valence-electron chi connectivity index (χ1n) is 6.00. The van der Waals surface area contributed by atoms with Crippen LogP contribution in [-0.2, 0) is 17.8 Å². The zero-order valence-corrected chi connectivity index (χ0v) is 11.1. The number of aryl methyl sites for hydroxylation is 1. The highest BCUT2D eigenvalue weighted by molar-refractivity contribution is 5.81. The second kappa shape index (κ2) is 5.87. The van der Waals surface area contributed by atoms with Crippen molar-refractivity contribution in [1.29, 1.82) is 0 Å². The smallest absolute Gasteiger partial charge is 0.226 e. The van der Waals surface area contributed by atoms with E-state index in [0.717, 1.165) is 17.9 Å². The lowest BCUT2D eigenvalue weighted by Crippen LogP contribution is -2.41. The van der Waals surface area contributed by atoms with E-state index in [1.165, 1.54) is 0 Å². The van der Waals surface area contributed by atoms with Crippen LogP contribution in [0.2, 0.25) is 0 Å². The highest BCUT2D eigenvalue weighted by Gasteiger charge is 2.25. The normalized spacial score (nSPS) is 11.5. The minimum atomic E-state index is -0.408. The summed E-state index contributed by atoms with van der Waals surface area (Å²) in [5, 5.41) is 5.90. The Morgan fingerprint density at radius 3 is 2.53 bits per heavy atom. The summed E-state index contributed by atoms with van der Waals surface area (Å²) in [6.45, 7) is 7.16. The predicted octanol–water partition coefficient (Wildman–Crippen LogP) is 1.70. The fourth-order valence-corrected chi connectivity index (χ4v) is 1.62. The molecule has 2 N–H and O–H groups in total. The van der Waals surface area contributed by atoms with Crippen molar-refractivity contribution in [2.24, 2.45) is 5.41 Å². The number of hydrogen-bond acceptors (Lipinski definition) is 3. The SMILES string of the molecule is CCc1ccc(CNCC(C)(C)C(=O)NC)o1. The van der Waals surface area contributed by atoms with Crippen molar-refractivity contribution in [2.45, 2.75) is 33.7 Å². The van der Waals surface area contributed by atoms with Gasteiger partial charge < -0.3 is 15.1 Å². The van der Waals surface area contributed by atoms with E-state index in [9.17, 15) is 4.79 Å². The van der Waals surface area contributed by atoms with Crippen LogP contribution in [0.15, 0.2) is 16.5 Å². The van der Waals surface area contributed by atoms with Gasteiger partial charge in [0.05, 0.1) is 12.0 Å². The minimum Gasteiger partial charge on any atom is -0.465 e. The Balaban J connectivity index is 2.39. The van der Waals surface area contributed by atoms with Gasteiger partial charge in [-0.1, -0.05) is 6.92 Å². The van der Waals surface area contributed by atoms with E-state index in [2.05, 4.69) is 17.6 Å². The van der Waals surface area contributed by atoms with E-state index in [4.69, 9.17) is 4.42 Å². The molecule has 1 amide bonds. The van der Waals surface area contributed by atoms with Gasteiger partial charge >= 0.3 is 0 Å². The monoisotopic (exact) mass is 238 g/mol. The van der Waals surface area contributed by atoms with Crippen LogP contribution < -0.4 is 10.6 Å². The minimum absolute atomic E-state index is 0.0405. The van der Waals surface area contributed by atoms with Gasteiger partial charge in [0.1, 0.15) is 11.5 Å². The van der Waals surface area contributed by atoms with Crippen molar-refractivity contribution >= 4 is 5.91 Å². The topological polar surface area (TPSA) is 54.3 Å². The number of furan rings is 1. The second-order valence-electron chi connectivity index (χ2n) is 4.79. The van der Waals surface area contributed by atoms with E-state index in [1.807, 2.05) is 26.0 Å². The van der Waals surface area contributed by atoms with Crippen molar-refractivity contribution in [3.63, 3.8) is 0 Å². The Morgan fingerprint density at radius 2 is 2.00 bits per heavy atom. The van der Waals surface area contributed by atoms with Crippen LogP contribution in [0.25, 0.3) is 0 Å². The van der Waals surface area contributed by atoms with Crippen molar-refractivity contribution in [2.75, 3.05) is 13.6 Å². The van der Waals surface area contributed by atoms with Crippen molar-refractivity contribution in [1.82, 2.24) is 10.6 Å². The van der Waals surface area contributed by atoms with Crippen LogP contribution in [0.5, 0.6) is 0 Å². The molecule has 1 aromatic rings. The molecule has 1 aromatic heterocycles. The van der Waals surface area contributed by atoms with Crippen molar-refractivity contribution in [3.8, 4) is 0 Å². The molecule has 0 bridgehead atoms. The first-order chi connectivity index (χ1) is 7.99. The number of amides is 1. The fraction of sp³-hybridized carbons (Fsp3) is 0.615. The van der Waals surface area contributed by atoms with E-state index in [0.29, 0.717) is 13.1 Å². The third-order valence-electron chi connectivity index (χ3n) is 2.77. The molecule has 1 heterocycles. The predicted molar refractivity (Wildman–Crippen MR) is 67.6 cm³/mol. The van der Waals surface area contributed by atoms with Gasteiger partial charge in [0.15, 0.2) is 0 Å².